The molecule has 3 aromatic rings. The van der Waals surface area contributed by atoms with Gasteiger partial charge in [-0.1, -0.05) is 30.3 Å². The van der Waals surface area contributed by atoms with Gasteiger partial charge in [0.25, 0.3) is 5.91 Å². The van der Waals surface area contributed by atoms with E-state index in [-0.39, 0.29) is 24.2 Å². The van der Waals surface area contributed by atoms with Gasteiger partial charge in [0, 0.05) is 23.6 Å². The summed E-state index contributed by atoms with van der Waals surface area (Å²) in [6.07, 6.45) is 0.414. The number of nitrogens with one attached hydrogen (secondary N) is 1. The molecule has 1 aromatic heterocycles. The summed E-state index contributed by atoms with van der Waals surface area (Å²) in [4.78, 5) is 24.0. The summed E-state index contributed by atoms with van der Waals surface area (Å²) in [5.41, 5.74) is 1.53. The monoisotopic (exact) mass is 413 g/mol. The van der Waals surface area contributed by atoms with E-state index in [9.17, 15) is 18.0 Å². The van der Waals surface area contributed by atoms with Gasteiger partial charge in [0.05, 0.1) is 11.5 Å². The molecule has 0 aliphatic carbocycles. The summed E-state index contributed by atoms with van der Waals surface area (Å²) in [6.45, 7) is -0.259. The lowest BCUT2D eigenvalue weighted by atomic mass is 10.0. The SMILES string of the molecule is O=C(COc1ccc2c(-c3ccccc3)cc(=O)oc2c1)N[C@H]1CCS(=O)(=O)C1. The first kappa shape index (κ1) is 19.2. The number of carbonyl (C=O) groups excluding carboxylic acids is 1. The largest absolute Gasteiger partial charge is 0.484 e. The molecule has 0 saturated carbocycles. The van der Waals surface area contributed by atoms with Crippen molar-refractivity contribution < 1.29 is 22.4 Å². The molecule has 4 rings (SSSR count). The van der Waals surface area contributed by atoms with Crippen molar-refractivity contribution in [2.75, 3.05) is 18.1 Å². The van der Waals surface area contributed by atoms with Gasteiger partial charge in [0.2, 0.25) is 0 Å². The molecule has 1 saturated heterocycles. The van der Waals surface area contributed by atoms with Gasteiger partial charge in [-0.25, -0.2) is 13.2 Å². The summed E-state index contributed by atoms with van der Waals surface area (Å²) in [6, 6.07) is 15.6. The van der Waals surface area contributed by atoms with Crippen molar-refractivity contribution in [1.82, 2.24) is 5.32 Å². The van der Waals surface area contributed by atoms with Gasteiger partial charge in [-0.2, -0.15) is 0 Å². The van der Waals surface area contributed by atoms with Crippen LogP contribution in [0.5, 0.6) is 5.75 Å². The van der Waals surface area contributed by atoms with Crippen molar-refractivity contribution >= 4 is 26.7 Å². The molecule has 8 heteroatoms. The zero-order valence-electron chi connectivity index (χ0n) is 15.5. The molecular formula is C21H19NO6S. The predicted molar refractivity (Wildman–Crippen MR) is 109 cm³/mol. The van der Waals surface area contributed by atoms with E-state index in [1.165, 1.54) is 6.07 Å². The summed E-state index contributed by atoms with van der Waals surface area (Å²) in [7, 11) is -3.06. The fourth-order valence-corrected chi connectivity index (χ4v) is 5.09. The minimum Gasteiger partial charge on any atom is -0.484 e. The van der Waals surface area contributed by atoms with Crippen LogP contribution in [-0.4, -0.2) is 38.5 Å². The van der Waals surface area contributed by atoms with Crippen LogP contribution in [0.2, 0.25) is 0 Å². The first-order chi connectivity index (χ1) is 13.9. The summed E-state index contributed by atoms with van der Waals surface area (Å²) in [5.74, 6) is 0.0285. The van der Waals surface area contributed by atoms with E-state index < -0.39 is 21.4 Å². The Bertz CT molecular complexity index is 1220. The lowest BCUT2D eigenvalue weighted by molar-refractivity contribution is -0.123. The van der Waals surface area contributed by atoms with Crippen LogP contribution in [0.25, 0.3) is 22.1 Å². The first-order valence-corrected chi connectivity index (χ1v) is 11.0. The molecule has 1 atom stereocenters. The van der Waals surface area contributed by atoms with Gasteiger partial charge < -0.3 is 14.5 Å². The molecule has 2 heterocycles. The lowest BCUT2D eigenvalue weighted by Crippen LogP contribution is -2.38. The number of hydrogen-bond donors (Lipinski definition) is 1. The summed E-state index contributed by atoms with van der Waals surface area (Å²) < 4.78 is 33.7. The molecular weight excluding hydrogens is 394 g/mol. The Labute approximate surface area is 167 Å². The quantitative estimate of drug-likeness (QED) is 0.643. The normalized spacial score (nSPS) is 17.9. The zero-order valence-corrected chi connectivity index (χ0v) is 16.3. The standard InChI is InChI=1S/C21H19NO6S/c23-20(22-15-8-9-29(25,26)13-15)12-27-16-6-7-17-18(14-4-2-1-3-5-14)11-21(24)28-19(17)10-16/h1-7,10-11,15H,8-9,12-13H2,(H,22,23)/t15-/m0/s1. The third-order valence-electron chi connectivity index (χ3n) is 4.77. The second-order valence-electron chi connectivity index (χ2n) is 6.96. The van der Waals surface area contributed by atoms with Crippen molar-refractivity contribution in [3.05, 3.63) is 65.0 Å². The molecule has 0 bridgehead atoms. The Morgan fingerprint density at radius 2 is 1.93 bits per heavy atom. The van der Waals surface area contributed by atoms with Crippen LogP contribution in [0.3, 0.4) is 0 Å². The first-order valence-electron chi connectivity index (χ1n) is 9.15. The topological polar surface area (TPSA) is 103 Å². The molecule has 7 nitrogen and oxygen atoms in total. The van der Waals surface area contributed by atoms with Gasteiger partial charge in [-0.15, -0.1) is 0 Å². The fraction of sp³-hybridized carbons (Fsp3) is 0.238. The summed E-state index contributed by atoms with van der Waals surface area (Å²) in [5, 5.41) is 3.42. The van der Waals surface area contributed by atoms with Crippen LogP contribution in [0.1, 0.15) is 6.42 Å². The van der Waals surface area contributed by atoms with E-state index in [0.29, 0.717) is 17.8 Å². The number of benzene rings is 2. The molecule has 1 aliphatic rings. The highest BCUT2D eigenvalue weighted by Crippen LogP contribution is 2.29. The molecule has 1 aliphatic heterocycles. The second kappa shape index (κ2) is 7.71. The van der Waals surface area contributed by atoms with Crippen LogP contribution in [-0.2, 0) is 14.6 Å². The zero-order chi connectivity index (χ0) is 20.4. The van der Waals surface area contributed by atoms with Crippen molar-refractivity contribution in [3.8, 4) is 16.9 Å². The number of rotatable bonds is 5. The Kier molecular flexibility index (Phi) is 5.10. The third kappa shape index (κ3) is 4.48. The summed E-state index contributed by atoms with van der Waals surface area (Å²) >= 11 is 0. The van der Waals surface area contributed by atoms with E-state index in [4.69, 9.17) is 9.15 Å². The van der Waals surface area contributed by atoms with Crippen LogP contribution < -0.4 is 15.7 Å². The smallest absolute Gasteiger partial charge is 0.336 e. The Balaban J connectivity index is 1.49. The highest BCUT2D eigenvalue weighted by Gasteiger charge is 2.28. The molecule has 29 heavy (non-hydrogen) atoms. The van der Waals surface area contributed by atoms with E-state index in [2.05, 4.69) is 5.32 Å². The number of amides is 1. The average molecular weight is 413 g/mol. The van der Waals surface area contributed by atoms with E-state index in [0.717, 1.165) is 16.5 Å². The molecule has 1 fully saturated rings. The molecule has 150 valence electrons. The second-order valence-corrected chi connectivity index (χ2v) is 9.19. The van der Waals surface area contributed by atoms with E-state index in [1.807, 2.05) is 30.3 Å². The van der Waals surface area contributed by atoms with Gasteiger partial charge in [-0.05, 0) is 29.7 Å². The number of carbonyl (C=O) groups is 1. The predicted octanol–water partition coefficient (Wildman–Crippen LogP) is 2.14. The number of hydrogen-bond acceptors (Lipinski definition) is 6. The maximum atomic E-state index is 12.0. The number of sulfone groups is 1. The lowest BCUT2D eigenvalue weighted by Gasteiger charge is -2.12. The van der Waals surface area contributed by atoms with E-state index in [1.54, 1.807) is 18.2 Å². The molecule has 0 unspecified atom stereocenters. The fourth-order valence-electron chi connectivity index (χ4n) is 3.42. The number of fused-ring (bicyclic) bond motifs is 1. The van der Waals surface area contributed by atoms with Crippen molar-refractivity contribution in [2.24, 2.45) is 0 Å². The molecule has 0 radical (unpaired) electrons. The molecule has 1 amide bonds. The maximum absolute atomic E-state index is 12.0. The van der Waals surface area contributed by atoms with Crippen molar-refractivity contribution in [2.45, 2.75) is 12.5 Å². The van der Waals surface area contributed by atoms with E-state index >= 15 is 0 Å². The average Bonchev–Trinajstić information content (AvgIpc) is 3.04. The van der Waals surface area contributed by atoms with Crippen LogP contribution in [0, 0.1) is 0 Å². The Morgan fingerprint density at radius 3 is 2.66 bits per heavy atom. The highest BCUT2D eigenvalue weighted by atomic mass is 32.2. The molecule has 1 N–H and O–H groups in total. The van der Waals surface area contributed by atoms with Crippen LogP contribution in [0.4, 0.5) is 0 Å². The highest BCUT2D eigenvalue weighted by molar-refractivity contribution is 7.91. The number of ether oxygens (including phenoxy) is 1. The Hall–Kier alpha value is -3.13. The minimum atomic E-state index is -3.06. The van der Waals surface area contributed by atoms with Crippen LogP contribution in [0.15, 0.2) is 63.8 Å². The van der Waals surface area contributed by atoms with Gasteiger partial charge in [0.1, 0.15) is 11.3 Å². The van der Waals surface area contributed by atoms with Gasteiger partial charge in [-0.3, -0.25) is 4.79 Å². The Morgan fingerprint density at radius 1 is 1.14 bits per heavy atom. The molecule has 0 spiro atoms. The minimum absolute atomic E-state index is 0.0395. The third-order valence-corrected chi connectivity index (χ3v) is 6.54. The van der Waals surface area contributed by atoms with Crippen molar-refractivity contribution in [3.63, 3.8) is 0 Å². The van der Waals surface area contributed by atoms with Crippen LogP contribution >= 0.6 is 0 Å². The molecule has 2 aromatic carbocycles. The van der Waals surface area contributed by atoms with Gasteiger partial charge in [0.15, 0.2) is 16.4 Å². The van der Waals surface area contributed by atoms with Gasteiger partial charge >= 0.3 is 5.63 Å². The van der Waals surface area contributed by atoms with Crippen molar-refractivity contribution in [1.29, 1.82) is 0 Å². The maximum Gasteiger partial charge on any atom is 0.336 e.